The van der Waals surface area contributed by atoms with E-state index >= 15 is 0 Å². The van der Waals surface area contributed by atoms with E-state index in [1.54, 1.807) is 0 Å². The molecule has 0 saturated carbocycles. The highest BCUT2D eigenvalue weighted by molar-refractivity contribution is 5.80. The molecule has 0 aromatic heterocycles. The first-order valence-electron chi connectivity index (χ1n) is 32.2. The van der Waals surface area contributed by atoms with Gasteiger partial charge in [0.1, 0.15) is 12.2 Å². The third-order valence-electron chi connectivity index (χ3n) is 15.4. The molecule has 0 fully saturated rings. The van der Waals surface area contributed by atoms with Crippen molar-refractivity contribution in [3.63, 3.8) is 0 Å². The highest BCUT2D eigenvalue weighted by Crippen LogP contribution is 2.19. The van der Waals surface area contributed by atoms with Crippen molar-refractivity contribution in [1.29, 1.82) is 0 Å². The van der Waals surface area contributed by atoms with E-state index in [4.69, 9.17) is 0 Å². The highest BCUT2D eigenvalue weighted by Gasteiger charge is 2.28. The fraction of sp³-hybridized carbons (Fsp3) is 0.923. The summed E-state index contributed by atoms with van der Waals surface area (Å²) in [5.74, 6) is -0.587. The third-order valence-corrected chi connectivity index (χ3v) is 15.4. The maximum atomic E-state index is 12.6. The number of carbonyl (C=O) groups excluding carboxylic acids is 1. The summed E-state index contributed by atoms with van der Waals surface area (Å²) in [6.07, 6.45) is 74.3. The number of aliphatic hydroxyl groups excluding tert-OH is 4. The molecule has 0 saturated heterocycles. The molecule has 1 amide bonds. The number of hydrogen-bond acceptors (Lipinski definition) is 5. The molecule has 0 heterocycles. The molecule has 0 aromatic rings. The van der Waals surface area contributed by atoms with Gasteiger partial charge in [0, 0.05) is 0 Å². The standard InChI is InChI=1S/C65H127NO5/c1-3-5-7-9-11-13-15-17-19-21-23-25-27-28-29-30-31-32-33-34-35-37-39-41-43-45-47-49-51-53-55-57-59-63(69)65(71)66-61(60-67)64(70)62(68)58-56-54-52-50-48-46-44-42-40-38-36-26-24-22-20-18-16-14-12-10-8-6-4-2/h28-29,50,52,61-64,67-70H,3-27,30-49,51,53-60H2,1-2H3,(H,66,71)/b29-28-,52-50+. The fourth-order valence-electron chi connectivity index (χ4n) is 10.3. The van der Waals surface area contributed by atoms with Gasteiger partial charge in [0.05, 0.1) is 18.8 Å². The van der Waals surface area contributed by atoms with E-state index in [2.05, 4.69) is 43.5 Å². The summed E-state index contributed by atoms with van der Waals surface area (Å²) in [5.41, 5.74) is 0. The van der Waals surface area contributed by atoms with Crippen molar-refractivity contribution in [2.75, 3.05) is 6.61 Å². The summed E-state index contributed by atoms with van der Waals surface area (Å²) < 4.78 is 0. The molecule has 6 heteroatoms. The van der Waals surface area contributed by atoms with Crippen LogP contribution >= 0.6 is 0 Å². The van der Waals surface area contributed by atoms with E-state index in [0.29, 0.717) is 12.8 Å². The maximum Gasteiger partial charge on any atom is 0.249 e. The van der Waals surface area contributed by atoms with Crippen molar-refractivity contribution in [2.45, 2.75) is 379 Å². The van der Waals surface area contributed by atoms with Gasteiger partial charge in [-0.1, -0.05) is 314 Å². The number of carbonyl (C=O) groups is 1. The van der Waals surface area contributed by atoms with Gasteiger partial charge in [0.2, 0.25) is 5.91 Å². The van der Waals surface area contributed by atoms with Crippen molar-refractivity contribution in [2.24, 2.45) is 0 Å². The summed E-state index contributed by atoms with van der Waals surface area (Å²) in [6.45, 7) is 4.09. The van der Waals surface area contributed by atoms with Crippen LogP contribution in [0.5, 0.6) is 0 Å². The molecule has 0 rings (SSSR count). The topological polar surface area (TPSA) is 110 Å². The lowest BCUT2D eigenvalue weighted by Gasteiger charge is -2.27. The largest absolute Gasteiger partial charge is 0.394 e. The van der Waals surface area contributed by atoms with Crippen LogP contribution in [0.2, 0.25) is 0 Å². The number of unbranched alkanes of at least 4 members (excludes halogenated alkanes) is 47. The van der Waals surface area contributed by atoms with Gasteiger partial charge in [-0.05, 0) is 64.2 Å². The minimum atomic E-state index is -1.28. The first kappa shape index (κ1) is 69.8. The number of amides is 1. The average Bonchev–Trinajstić information content (AvgIpc) is 3.38. The molecule has 0 aliphatic rings. The molecule has 0 aliphatic heterocycles. The quantitative estimate of drug-likeness (QED) is 0.0308. The Morgan fingerprint density at radius 2 is 0.577 bits per heavy atom. The SMILES string of the molecule is CCCCCCCCCCCCCC/C=C\CCCCCCCCCCCCCCCCCCC(O)C(=O)NC(CO)C(O)C(O)CCC/C=C/CCCCCCCCCCCCCCCCCCCC. The van der Waals surface area contributed by atoms with Crippen molar-refractivity contribution in [1.82, 2.24) is 5.32 Å². The molecule has 5 N–H and O–H groups in total. The lowest BCUT2D eigenvalue weighted by molar-refractivity contribution is -0.132. The predicted molar refractivity (Wildman–Crippen MR) is 311 cm³/mol. The predicted octanol–water partition coefficient (Wildman–Crippen LogP) is 19.4. The molecular weight excluding hydrogens is 875 g/mol. The molecule has 4 atom stereocenters. The molecule has 0 bridgehead atoms. The van der Waals surface area contributed by atoms with Crippen LogP contribution in [0, 0.1) is 0 Å². The van der Waals surface area contributed by atoms with Crippen molar-refractivity contribution < 1.29 is 25.2 Å². The molecule has 71 heavy (non-hydrogen) atoms. The smallest absolute Gasteiger partial charge is 0.249 e. The zero-order valence-electron chi connectivity index (χ0n) is 48.0. The van der Waals surface area contributed by atoms with Gasteiger partial charge in [-0.3, -0.25) is 4.79 Å². The number of hydrogen-bond donors (Lipinski definition) is 5. The van der Waals surface area contributed by atoms with Gasteiger partial charge < -0.3 is 25.7 Å². The minimum absolute atomic E-state index is 0.366. The van der Waals surface area contributed by atoms with Gasteiger partial charge in [0.15, 0.2) is 0 Å². The number of nitrogens with one attached hydrogen (secondary N) is 1. The van der Waals surface area contributed by atoms with Crippen LogP contribution < -0.4 is 5.32 Å². The van der Waals surface area contributed by atoms with E-state index in [1.807, 2.05) is 0 Å². The van der Waals surface area contributed by atoms with Gasteiger partial charge in [-0.15, -0.1) is 0 Å². The Morgan fingerprint density at radius 1 is 0.338 bits per heavy atom. The van der Waals surface area contributed by atoms with Crippen LogP contribution in [0.3, 0.4) is 0 Å². The summed E-state index contributed by atoms with van der Waals surface area (Å²) in [5, 5.41) is 44.1. The van der Waals surface area contributed by atoms with Gasteiger partial charge in [0.25, 0.3) is 0 Å². The van der Waals surface area contributed by atoms with Crippen molar-refractivity contribution in [3.05, 3.63) is 24.3 Å². The maximum absolute atomic E-state index is 12.6. The average molecular weight is 1000 g/mol. The first-order chi connectivity index (χ1) is 35.0. The first-order valence-corrected chi connectivity index (χ1v) is 32.2. The molecule has 0 radical (unpaired) electrons. The minimum Gasteiger partial charge on any atom is -0.394 e. The van der Waals surface area contributed by atoms with Gasteiger partial charge >= 0.3 is 0 Å². The monoisotopic (exact) mass is 1000 g/mol. The van der Waals surface area contributed by atoms with Crippen LogP contribution in [-0.4, -0.2) is 57.3 Å². The molecule has 422 valence electrons. The number of rotatable bonds is 60. The summed E-state index contributed by atoms with van der Waals surface area (Å²) in [6, 6.07) is -1.00. The second-order valence-electron chi connectivity index (χ2n) is 22.5. The van der Waals surface area contributed by atoms with E-state index < -0.39 is 36.9 Å². The molecule has 0 aromatic carbocycles. The van der Waals surface area contributed by atoms with Gasteiger partial charge in [-0.25, -0.2) is 0 Å². The Morgan fingerprint density at radius 3 is 0.845 bits per heavy atom. The van der Waals surface area contributed by atoms with Crippen LogP contribution in [0.25, 0.3) is 0 Å². The van der Waals surface area contributed by atoms with Gasteiger partial charge in [-0.2, -0.15) is 0 Å². The normalized spacial score (nSPS) is 13.7. The fourth-order valence-corrected chi connectivity index (χ4v) is 10.3. The summed E-state index contributed by atoms with van der Waals surface area (Å²) >= 11 is 0. The zero-order valence-corrected chi connectivity index (χ0v) is 48.0. The van der Waals surface area contributed by atoms with E-state index in [9.17, 15) is 25.2 Å². The zero-order chi connectivity index (χ0) is 51.6. The summed E-state index contributed by atoms with van der Waals surface area (Å²) in [7, 11) is 0. The van der Waals surface area contributed by atoms with Crippen molar-refractivity contribution in [3.8, 4) is 0 Å². The Balaban J connectivity index is 3.58. The Kier molecular flexibility index (Phi) is 58.6. The molecule has 0 aliphatic carbocycles. The molecule has 6 nitrogen and oxygen atoms in total. The second kappa shape index (κ2) is 59.7. The lowest BCUT2D eigenvalue weighted by Crippen LogP contribution is -2.53. The molecule has 4 unspecified atom stereocenters. The van der Waals surface area contributed by atoms with Crippen LogP contribution in [0.4, 0.5) is 0 Å². The van der Waals surface area contributed by atoms with Crippen LogP contribution in [0.1, 0.15) is 354 Å². The molecular formula is C65H127NO5. The van der Waals surface area contributed by atoms with E-state index in [0.717, 1.165) is 38.5 Å². The number of allylic oxidation sites excluding steroid dienone is 4. The lowest BCUT2D eigenvalue weighted by atomic mass is 10.00. The Hall–Kier alpha value is -1.21. The van der Waals surface area contributed by atoms with Crippen LogP contribution in [-0.2, 0) is 4.79 Å². The third kappa shape index (κ3) is 53.4. The molecule has 0 spiro atoms. The highest BCUT2D eigenvalue weighted by atomic mass is 16.3. The Labute approximate surface area is 444 Å². The Bertz CT molecular complexity index is 1080. The van der Waals surface area contributed by atoms with E-state index in [1.165, 1.54) is 289 Å². The number of aliphatic hydroxyl groups is 4. The second-order valence-corrected chi connectivity index (χ2v) is 22.5. The summed E-state index contributed by atoms with van der Waals surface area (Å²) in [4.78, 5) is 12.6. The van der Waals surface area contributed by atoms with E-state index in [-0.39, 0.29) is 0 Å². The van der Waals surface area contributed by atoms with Crippen molar-refractivity contribution >= 4 is 5.91 Å². The van der Waals surface area contributed by atoms with Crippen LogP contribution in [0.15, 0.2) is 24.3 Å².